The van der Waals surface area contributed by atoms with Gasteiger partial charge in [-0.25, -0.2) is 18.1 Å². The first kappa shape index (κ1) is 24.4. The van der Waals surface area contributed by atoms with Crippen LogP contribution in [0, 0.1) is 0 Å². The fourth-order valence-corrected chi connectivity index (χ4v) is 5.12. The number of aryl methyl sites for hydroxylation is 1. The number of primary amides is 1. The number of anilines is 1. The molecule has 2 amide bonds. The minimum absolute atomic E-state index is 0.156. The lowest BCUT2D eigenvalue weighted by atomic mass is 9.88. The number of aromatic amines is 1. The smallest absolute Gasteiger partial charge is 0.269 e. The van der Waals surface area contributed by atoms with E-state index in [0.717, 1.165) is 17.4 Å². The highest BCUT2D eigenvalue weighted by Gasteiger charge is 2.28. The number of fused-ring (bicyclic) bond motifs is 3. The molecule has 0 unspecified atom stereocenters. The number of benzene rings is 2. The van der Waals surface area contributed by atoms with Crippen LogP contribution in [0.2, 0.25) is 0 Å². The van der Waals surface area contributed by atoms with E-state index in [4.69, 9.17) is 11.5 Å². The summed E-state index contributed by atoms with van der Waals surface area (Å²) < 4.78 is 25.4. The molecule has 0 fully saturated rings. The van der Waals surface area contributed by atoms with Crippen molar-refractivity contribution in [3.8, 4) is 16.9 Å². The van der Waals surface area contributed by atoms with Crippen LogP contribution in [0.1, 0.15) is 27.3 Å². The van der Waals surface area contributed by atoms with Gasteiger partial charge in [0.15, 0.2) is 15.5 Å². The maximum atomic E-state index is 12.7. The Hall–Kier alpha value is -4.29. The van der Waals surface area contributed by atoms with E-state index < -0.39 is 21.8 Å². The highest BCUT2D eigenvalue weighted by Crippen LogP contribution is 2.38. The largest absolute Gasteiger partial charge is 0.364 e. The van der Waals surface area contributed by atoms with Crippen molar-refractivity contribution in [2.24, 2.45) is 11.5 Å². The van der Waals surface area contributed by atoms with Crippen molar-refractivity contribution in [3.63, 3.8) is 0 Å². The van der Waals surface area contributed by atoms with Gasteiger partial charge in [-0.3, -0.25) is 9.59 Å². The fourth-order valence-electron chi connectivity index (χ4n) is 4.49. The van der Waals surface area contributed by atoms with Crippen LogP contribution in [0.5, 0.6) is 0 Å². The van der Waals surface area contributed by atoms with Gasteiger partial charge in [-0.1, -0.05) is 6.07 Å². The number of carbonyl (C=O) groups excluding carboxylic acids is 2. The molecule has 0 saturated carbocycles. The van der Waals surface area contributed by atoms with Crippen LogP contribution >= 0.6 is 0 Å². The predicted octanol–water partition coefficient (Wildman–Crippen LogP) is 1.37. The number of rotatable bonds is 7. The van der Waals surface area contributed by atoms with E-state index in [0.29, 0.717) is 41.2 Å². The second-order valence-corrected chi connectivity index (χ2v) is 11.0. The zero-order valence-electron chi connectivity index (χ0n) is 19.9. The second kappa shape index (κ2) is 9.30. The monoisotopic (exact) mass is 519 g/mol. The molecule has 11 nitrogen and oxygen atoms in total. The average Bonchev–Trinajstić information content (AvgIpc) is 3.51. The third-order valence-corrected chi connectivity index (χ3v) is 7.45. The van der Waals surface area contributed by atoms with Crippen molar-refractivity contribution in [2.45, 2.75) is 30.2 Å². The predicted molar refractivity (Wildman–Crippen MR) is 137 cm³/mol. The number of H-pyrrole nitrogens is 1. The van der Waals surface area contributed by atoms with Crippen molar-refractivity contribution >= 4 is 27.3 Å². The zero-order valence-corrected chi connectivity index (χ0v) is 20.7. The first-order chi connectivity index (χ1) is 17.6. The van der Waals surface area contributed by atoms with Crippen LogP contribution in [0.4, 0.5) is 5.69 Å². The van der Waals surface area contributed by atoms with Crippen LogP contribution in [-0.4, -0.2) is 52.3 Å². The molecule has 2 aromatic carbocycles. The van der Waals surface area contributed by atoms with Gasteiger partial charge in [0.2, 0.25) is 5.91 Å². The van der Waals surface area contributed by atoms with E-state index in [9.17, 15) is 18.0 Å². The van der Waals surface area contributed by atoms with E-state index in [1.807, 2.05) is 12.1 Å². The average molecular weight is 520 g/mol. The van der Waals surface area contributed by atoms with Gasteiger partial charge in [0.05, 0.1) is 34.3 Å². The van der Waals surface area contributed by atoms with Gasteiger partial charge in [-0.2, -0.15) is 5.10 Å². The number of sulfone groups is 1. The molecule has 0 spiro atoms. The van der Waals surface area contributed by atoms with Gasteiger partial charge in [0, 0.05) is 35.7 Å². The molecule has 1 aliphatic carbocycles. The standard InChI is InChI=1S/C25H25N7O4S/c1-37(35,36)18-7-5-17(6-8-18)32-23-19(22(31-32)24(27)33)9-3-14-2-4-15(10-20(14)23)30-25(34)21(26)11-16-12-28-13-29-16/h2,4-8,10,12-13,21H,3,9,11,26H2,1H3,(H2,27,33)(H,28,29)(H,30,34)/t21-/m0/s1. The Balaban J connectivity index is 1.53. The fraction of sp³-hybridized carbons (Fsp3) is 0.200. The molecular formula is C25H25N7O4S. The van der Waals surface area contributed by atoms with Crippen LogP contribution in [0.25, 0.3) is 16.9 Å². The van der Waals surface area contributed by atoms with Crippen molar-refractivity contribution in [2.75, 3.05) is 11.6 Å². The van der Waals surface area contributed by atoms with E-state index in [1.54, 1.807) is 29.1 Å². The van der Waals surface area contributed by atoms with E-state index >= 15 is 0 Å². The van der Waals surface area contributed by atoms with Crippen molar-refractivity contribution < 1.29 is 18.0 Å². The number of hydrogen-bond donors (Lipinski definition) is 4. The van der Waals surface area contributed by atoms with Crippen LogP contribution in [-0.2, 0) is 33.9 Å². The molecule has 0 bridgehead atoms. The lowest BCUT2D eigenvalue weighted by Crippen LogP contribution is -2.37. The molecule has 6 N–H and O–H groups in total. The van der Waals surface area contributed by atoms with Crippen molar-refractivity contribution in [1.29, 1.82) is 0 Å². The Bertz CT molecular complexity index is 1610. The summed E-state index contributed by atoms with van der Waals surface area (Å²) in [6.45, 7) is 0. The highest BCUT2D eigenvalue weighted by atomic mass is 32.2. The molecular weight excluding hydrogens is 494 g/mol. The molecule has 0 saturated heterocycles. The summed E-state index contributed by atoms with van der Waals surface area (Å²) in [5.41, 5.74) is 16.8. The SMILES string of the molecule is CS(=O)(=O)c1ccc(-n2nc(C(N)=O)c3c2-c2cc(NC(=O)[C@@H](N)Cc4c[nH]cn4)ccc2CC3)cc1. The molecule has 2 aromatic heterocycles. The summed E-state index contributed by atoms with van der Waals surface area (Å²) >= 11 is 0. The lowest BCUT2D eigenvalue weighted by molar-refractivity contribution is -0.117. The number of nitrogens with zero attached hydrogens (tertiary/aromatic N) is 3. The first-order valence-corrected chi connectivity index (χ1v) is 13.4. The molecule has 0 radical (unpaired) electrons. The molecule has 1 atom stereocenters. The van der Waals surface area contributed by atoms with Gasteiger partial charge in [0.1, 0.15) is 0 Å². The molecule has 37 heavy (non-hydrogen) atoms. The Morgan fingerprint density at radius 3 is 2.57 bits per heavy atom. The normalized spacial score (nSPS) is 13.5. The number of hydrogen-bond acceptors (Lipinski definition) is 7. The summed E-state index contributed by atoms with van der Waals surface area (Å²) in [6, 6.07) is 11.0. The minimum Gasteiger partial charge on any atom is -0.364 e. The van der Waals surface area contributed by atoms with Crippen LogP contribution in [0.15, 0.2) is 59.9 Å². The molecule has 12 heteroatoms. The lowest BCUT2D eigenvalue weighted by Gasteiger charge is -2.20. The summed E-state index contributed by atoms with van der Waals surface area (Å²) in [7, 11) is -3.38. The topological polar surface area (TPSA) is 179 Å². The van der Waals surface area contributed by atoms with Gasteiger partial charge >= 0.3 is 0 Å². The third kappa shape index (κ3) is 4.76. The number of nitrogens with one attached hydrogen (secondary N) is 2. The van der Waals surface area contributed by atoms with E-state index in [-0.39, 0.29) is 22.9 Å². The highest BCUT2D eigenvalue weighted by molar-refractivity contribution is 7.90. The number of amides is 2. The maximum Gasteiger partial charge on any atom is 0.269 e. The van der Waals surface area contributed by atoms with Crippen molar-refractivity contribution in [1.82, 2.24) is 19.7 Å². The quantitative estimate of drug-likeness (QED) is 0.285. The van der Waals surface area contributed by atoms with Crippen LogP contribution in [0.3, 0.4) is 0 Å². The van der Waals surface area contributed by atoms with Crippen molar-refractivity contribution in [3.05, 3.63) is 77.5 Å². The summed E-state index contributed by atoms with van der Waals surface area (Å²) in [5.74, 6) is -1.01. The molecule has 2 heterocycles. The Kier molecular flexibility index (Phi) is 6.13. The Labute approximate surface area is 212 Å². The van der Waals surface area contributed by atoms with Gasteiger partial charge < -0.3 is 21.8 Å². The van der Waals surface area contributed by atoms with E-state index in [1.165, 1.54) is 18.5 Å². The number of imidazole rings is 1. The van der Waals surface area contributed by atoms with Gasteiger partial charge in [-0.05, 0) is 54.8 Å². The molecule has 190 valence electrons. The molecule has 4 aromatic rings. The number of nitrogens with two attached hydrogens (primary N) is 2. The number of aromatic nitrogens is 4. The number of carbonyl (C=O) groups is 2. The molecule has 1 aliphatic rings. The summed E-state index contributed by atoms with van der Waals surface area (Å²) in [5, 5.41) is 7.35. The Morgan fingerprint density at radius 1 is 1.16 bits per heavy atom. The first-order valence-electron chi connectivity index (χ1n) is 11.5. The third-order valence-electron chi connectivity index (χ3n) is 6.32. The van der Waals surface area contributed by atoms with E-state index in [2.05, 4.69) is 20.4 Å². The minimum atomic E-state index is -3.38. The second-order valence-electron chi connectivity index (χ2n) is 8.95. The summed E-state index contributed by atoms with van der Waals surface area (Å²) in [4.78, 5) is 32.1. The van der Waals surface area contributed by atoms with Gasteiger partial charge in [-0.15, -0.1) is 0 Å². The van der Waals surface area contributed by atoms with Gasteiger partial charge in [0.25, 0.3) is 5.91 Å². The summed E-state index contributed by atoms with van der Waals surface area (Å²) in [6.07, 6.45) is 5.85. The molecule has 5 rings (SSSR count). The Morgan fingerprint density at radius 2 is 1.92 bits per heavy atom. The van der Waals surface area contributed by atoms with Crippen LogP contribution < -0.4 is 16.8 Å². The maximum absolute atomic E-state index is 12.7. The zero-order chi connectivity index (χ0) is 26.3. The molecule has 0 aliphatic heterocycles.